The fraction of sp³-hybridized carbons (Fsp3) is 0.611. The number of nitrogens with one attached hydrogen (secondary N) is 2. The fourth-order valence-electron chi connectivity index (χ4n) is 2.93. The molecule has 0 amide bonds. The van der Waals surface area contributed by atoms with Gasteiger partial charge in [0.1, 0.15) is 0 Å². The molecule has 2 unspecified atom stereocenters. The van der Waals surface area contributed by atoms with E-state index in [2.05, 4.69) is 39.5 Å². The molecule has 8 heteroatoms. The van der Waals surface area contributed by atoms with Crippen LogP contribution in [0.4, 0.5) is 0 Å². The van der Waals surface area contributed by atoms with Crippen molar-refractivity contribution in [1.82, 2.24) is 20.4 Å². The Bertz CT molecular complexity index is 593. The second-order valence-electron chi connectivity index (χ2n) is 6.72. The molecule has 1 aliphatic heterocycles. The zero-order valence-electron chi connectivity index (χ0n) is 15.7. The lowest BCUT2D eigenvalue weighted by Crippen LogP contribution is -2.55. The number of likely N-dealkylation sites (N-methyl/N-ethyl adjacent to an activating group) is 2. The largest absolute Gasteiger partial charge is 0.386 e. The quantitative estimate of drug-likeness (QED) is 0.501. The first-order valence-corrected chi connectivity index (χ1v) is 9.69. The van der Waals surface area contributed by atoms with Gasteiger partial charge in [-0.25, -0.2) is 0 Å². The van der Waals surface area contributed by atoms with Gasteiger partial charge in [0.2, 0.25) is 0 Å². The van der Waals surface area contributed by atoms with Crippen molar-refractivity contribution < 1.29 is 5.11 Å². The number of rotatable bonds is 6. The molecule has 0 aromatic heterocycles. The van der Waals surface area contributed by atoms with Crippen LogP contribution in [0.5, 0.6) is 0 Å². The minimum Gasteiger partial charge on any atom is -0.386 e. The molecule has 0 bridgehead atoms. The lowest BCUT2D eigenvalue weighted by molar-refractivity contribution is 0.116. The Labute approximate surface area is 166 Å². The normalized spacial score (nSPS) is 20.8. The summed E-state index contributed by atoms with van der Waals surface area (Å²) in [5.74, 6) is 0.696. The maximum absolute atomic E-state index is 10.4. The van der Waals surface area contributed by atoms with Crippen LogP contribution in [0.3, 0.4) is 0 Å². The van der Waals surface area contributed by atoms with Crippen molar-refractivity contribution in [2.45, 2.75) is 19.1 Å². The van der Waals surface area contributed by atoms with E-state index in [1.54, 1.807) is 18.2 Å². The second-order valence-corrected chi connectivity index (χ2v) is 7.59. The Kier molecular flexibility index (Phi) is 8.44. The Morgan fingerprint density at radius 2 is 1.92 bits per heavy atom. The monoisotopic (exact) mass is 401 g/mol. The van der Waals surface area contributed by atoms with E-state index >= 15 is 0 Å². The van der Waals surface area contributed by atoms with Crippen molar-refractivity contribution in [3.8, 4) is 0 Å². The molecule has 2 rings (SSSR count). The number of piperazine rings is 1. The average Bonchev–Trinajstić information content (AvgIpc) is 2.59. The van der Waals surface area contributed by atoms with Gasteiger partial charge in [-0.05, 0) is 44.8 Å². The summed E-state index contributed by atoms with van der Waals surface area (Å²) in [6.45, 7) is 6.97. The molecular weight excluding hydrogens is 373 g/mol. The number of benzene rings is 1. The number of aliphatic imine (C=N–C) groups is 1. The van der Waals surface area contributed by atoms with Crippen molar-refractivity contribution in [3.63, 3.8) is 0 Å². The average molecular weight is 402 g/mol. The topological polar surface area (TPSA) is 63.1 Å². The SMILES string of the molecule is CCNC(=NCC(O)c1cc(Cl)cc(Cl)c1)NCC1CN(C)CCN1C. The van der Waals surface area contributed by atoms with Gasteiger partial charge in [-0.3, -0.25) is 9.89 Å². The van der Waals surface area contributed by atoms with Gasteiger partial charge in [0, 0.05) is 48.8 Å². The second kappa shape index (κ2) is 10.3. The third kappa shape index (κ3) is 6.59. The first-order chi connectivity index (χ1) is 12.4. The molecule has 1 saturated heterocycles. The zero-order chi connectivity index (χ0) is 19.1. The standard InChI is InChI=1S/C18H29Cl2N5O/c1-4-21-18(22-10-16-12-24(2)5-6-25(16)3)23-11-17(26)13-7-14(19)9-15(20)8-13/h7-9,16-17,26H,4-6,10-12H2,1-3H3,(H2,21,22,23). The van der Waals surface area contributed by atoms with Crippen molar-refractivity contribution in [2.24, 2.45) is 4.99 Å². The zero-order valence-corrected chi connectivity index (χ0v) is 17.2. The van der Waals surface area contributed by atoms with Crippen LogP contribution in [0.2, 0.25) is 10.0 Å². The Hall–Kier alpha value is -1.05. The first kappa shape index (κ1) is 21.3. The summed E-state index contributed by atoms with van der Waals surface area (Å²) in [4.78, 5) is 9.20. The minimum absolute atomic E-state index is 0.229. The van der Waals surface area contributed by atoms with Gasteiger partial charge in [-0.2, -0.15) is 0 Å². The molecule has 1 aromatic carbocycles. The molecule has 146 valence electrons. The highest BCUT2D eigenvalue weighted by Crippen LogP contribution is 2.23. The number of hydrogen-bond acceptors (Lipinski definition) is 4. The molecule has 0 aliphatic carbocycles. The van der Waals surface area contributed by atoms with Crippen molar-refractivity contribution in [3.05, 3.63) is 33.8 Å². The van der Waals surface area contributed by atoms with Gasteiger partial charge in [-0.15, -0.1) is 0 Å². The van der Waals surface area contributed by atoms with Gasteiger partial charge < -0.3 is 20.6 Å². The molecular formula is C18H29Cl2N5O. The smallest absolute Gasteiger partial charge is 0.191 e. The molecule has 26 heavy (non-hydrogen) atoms. The molecule has 1 heterocycles. The maximum Gasteiger partial charge on any atom is 0.191 e. The summed E-state index contributed by atoms with van der Waals surface area (Å²) in [5.41, 5.74) is 0.663. The molecule has 0 saturated carbocycles. The predicted octanol–water partition coefficient (Wildman–Crippen LogP) is 1.83. The number of guanidine groups is 1. The van der Waals surface area contributed by atoms with Crippen molar-refractivity contribution in [1.29, 1.82) is 0 Å². The van der Waals surface area contributed by atoms with Gasteiger partial charge in [0.05, 0.1) is 12.6 Å². The van der Waals surface area contributed by atoms with E-state index in [-0.39, 0.29) is 6.54 Å². The Morgan fingerprint density at radius 1 is 1.23 bits per heavy atom. The van der Waals surface area contributed by atoms with Crippen LogP contribution < -0.4 is 10.6 Å². The molecule has 1 aromatic rings. The van der Waals surface area contributed by atoms with E-state index in [0.29, 0.717) is 27.6 Å². The lowest BCUT2D eigenvalue weighted by Gasteiger charge is -2.37. The van der Waals surface area contributed by atoms with Gasteiger partial charge in [0.15, 0.2) is 5.96 Å². The van der Waals surface area contributed by atoms with E-state index in [1.165, 1.54) is 0 Å². The summed E-state index contributed by atoms with van der Waals surface area (Å²) in [6.07, 6.45) is -0.759. The highest BCUT2D eigenvalue weighted by atomic mass is 35.5. The number of aliphatic hydroxyl groups excluding tert-OH is 1. The summed E-state index contributed by atoms with van der Waals surface area (Å²) < 4.78 is 0. The molecule has 2 atom stereocenters. The molecule has 1 aliphatic rings. The number of hydrogen-bond donors (Lipinski definition) is 3. The fourth-order valence-corrected chi connectivity index (χ4v) is 3.47. The highest BCUT2D eigenvalue weighted by Gasteiger charge is 2.22. The highest BCUT2D eigenvalue weighted by molar-refractivity contribution is 6.34. The Balaban J connectivity index is 1.94. The molecule has 6 nitrogen and oxygen atoms in total. The van der Waals surface area contributed by atoms with E-state index in [0.717, 1.165) is 32.7 Å². The van der Waals surface area contributed by atoms with Gasteiger partial charge in [-0.1, -0.05) is 23.2 Å². The number of halogens is 2. The van der Waals surface area contributed by atoms with Crippen LogP contribution in [0.25, 0.3) is 0 Å². The van der Waals surface area contributed by atoms with Crippen LogP contribution >= 0.6 is 23.2 Å². The first-order valence-electron chi connectivity index (χ1n) is 8.94. The summed E-state index contributed by atoms with van der Waals surface area (Å²) in [5, 5.41) is 18.0. The van der Waals surface area contributed by atoms with Crippen molar-refractivity contribution in [2.75, 3.05) is 53.4 Å². The third-order valence-electron chi connectivity index (χ3n) is 4.52. The Morgan fingerprint density at radius 3 is 2.58 bits per heavy atom. The van der Waals surface area contributed by atoms with Crippen LogP contribution in [0, 0.1) is 0 Å². The third-order valence-corrected chi connectivity index (χ3v) is 4.96. The lowest BCUT2D eigenvalue weighted by atomic mass is 10.1. The van der Waals surface area contributed by atoms with E-state index < -0.39 is 6.10 Å². The van der Waals surface area contributed by atoms with Crippen molar-refractivity contribution >= 4 is 29.2 Å². The summed E-state index contributed by atoms with van der Waals surface area (Å²) in [7, 11) is 4.29. The number of nitrogens with zero attached hydrogens (tertiary/aromatic N) is 3. The molecule has 1 fully saturated rings. The summed E-state index contributed by atoms with van der Waals surface area (Å²) >= 11 is 12.0. The number of aliphatic hydroxyl groups is 1. The van der Waals surface area contributed by atoms with Gasteiger partial charge >= 0.3 is 0 Å². The molecule has 0 spiro atoms. The van der Waals surface area contributed by atoms with Gasteiger partial charge in [0.25, 0.3) is 0 Å². The van der Waals surface area contributed by atoms with Crippen LogP contribution in [0.1, 0.15) is 18.6 Å². The maximum atomic E-state index is 10.4. The van der Waals surface area contributed by atoms with E-state index in [1.807, 2.05) is 6.92 Å². The van der Waals surface area contributed by atoms with Crippen LogP contribution in [0.15, 0.2) is 23.2 Å². The van der Waals surface area contributed by atoms with Crippen LogP contribution in [-0.4, -0.2) is 80.3 Å². The predicted molar refractivity (Wildman–Crippen MR) is 109 cm³/mol. The van der Waals surface area contributed by atoms with E-state index in [9.17, 15) is 5.11 Å². The van der Waals surface area contributed by atoms with E-state index in [4.69, 9.17) is 23.2 Å². The molecule has 0 radical (unpaired) electrons. The van der Waals surface area contributed by atoms with Crippen LogP contribution in [-0.2, 0) is 0 Å². The minimum atomic E-state index is -0.759. The molecule has 3 N–H and O–H groups in total. The summed E-state index contributed by atoms with van der Waals surface area (Å²) in [6, 6.07) is 5.49.